The maximum absolute atomic E-state index is 13.6. The lowest BCUT2D eigenvalue weighted by molar-refractivity contribution is -0.121. The number of hydrogen-bond acceptors (Lipinski definition) is 4. The maximum Gasteiger partial charge on any atom is 0.259 e. The van der Waals surface area contributed by atoms with Gasteiger partial charge in [-0.25, -0.2) is 4.98 Å². The van der Waals surface area contributed by atoms with Crippen LogP contribution in [0.4, 0.5) is 11.4 Å². The van der Waals surface area contributed by atoms with E-state index >= 15 is 0 Å². The summed E-state index contributed by atoms with van der Waals surface area (Å²) >= 11 is 0. The molecule has 2 aliphatic heterocycles. The van der Waals surface area contributed by atoms with Gasteiger partial charge in [0, 0.05) is 43.0 Å². The molecule has 2 amide bonds. The third-order valence-electron chi connectivity index (χ3n) is 8.46. The van der Waals surface area contributed by atoms with Crippen LogP contribution in [0.1, 0.15) is 60.1 Å². The smallest absolute Gasteiger partial charge is 0.259 e. The van der Waals surface area contributed by atoms with Gasteiger partial charge in [0.25, 0.3) is 5.91 Å². The van der Waals surface area contributed by atoms with Crippen molar-refractivity contribution in [2.45, 2.75) is 51.0 Å². The first kappa shape index (κ1) is 25.2. The predicted molar refractivity (Wildman–Crippen MR) is 157 cm³/mol. The van der Waals surface area contributed by atoms with Gasteiger partial charge in [-0.3, -0.25) is 14.5 Å². The van der Waals surface area contributed by atoms with Crippen LogP contribution in [0.2, 0.25) is 0 Å². The zero-order valence-corrected chi connectivity index (χ0v) is 22.7. The molecule has 0 bridgehead atoms. The molecule has 4 aromatic rings. The molecular weight excluding hydrogens is 486 g/mol. The molecule has 1 fully saturated rings. The van der Waals surface area contributed by atoms with Crippen LogP contribution in [0.5, 0.6) is 0 Å². The minimum atomic E-state index is -0.563. The fourth-order valence-electron chi connectivity index (χ4n) is 6.37. The number of aryl methyl sites for hydroxylation is 1. The van der Waals surface area contributed by atoms with E-state index in [1.807, 2.05) is 18.5 Å². The molecular formula is C32H35N5O2. The van der Waals surface area contributed by atoms with Crippen molar-refractivity contribution in [2.24, 2.45) is 0 Å². The number of piperidine rings is 1. The van der Waals surface area contributed by atoms with Gasteiger partial charge in [0.05, 0.1) is 23.2 Å². The predicted octanol–water partition coefficient (Wildman–Crippen LogP) is 5.47. The summed E-state index contributed by atoms with van der Waals surface area (Å²) in [5.41, 5.74) is 6.36. The molecule has 0 spiro atoms. The quantitative estimate of drug-likeness (QED) is 0.312. The third-order valence-corrected chi connectivity index (χ3v) is 8.46. The van der Waals surface area contributed by atoms with Crippen LogP contribution in [-0.2, 0) is 11.2 Å². The van der Waals surface area contributed by atoms with Gasteiger partial charge < -0.3 is 14.6 Å². The first-order chi connectivity index (χ1) is 19.0. The molecule has 1 saturated heterocycles. The van der Waals surface area contributed by atoms with Crippen LogP contribution in [0.15, 0.2) is 67.6 Å². The lowest BCUT2D eigenvalue weighted by atomic mass is 9.85. The second kappa shape index (κ2) is 10.2. The van der Waals surface area contributed by atoms with Gasteiger partial charge in [-0.1, -0.05) is 31.2 Å². The largest absolute Gasteiger partial charge is 0.370 e. The van der Waals surface area contributed by atoms with Crippen LogP contribution < -0.4 is 15.1 Å². The molecule has 2 aromatic heterocycles. The molecule has 4 heterocycles. The lowest BCUT2D eigenvalue weighted by Crippen LogP contribution is -2.47. The number of aromatic nitrogens is 2. The summed E-state index contributed by atoms with van der Waals surface area (Å²) in [5.74, 6) is 0.167. The SMILES string of the molecule is C=CCCC(C(=O)NC)N1C(=O)c2cccc3c(C4CCN(c5cc6cc(CC)ncn6c5)CC4)ccc1c23. The Morgan fingerprint density at radius 3 is 2.77 bits per heavy atom. The standard InChI is InChI=1S/C32H35N5O2/c1-4-6-10-29(31(38)33-3)37-28-12-11-25(26-8-7-9-27(30(26)28)32(37)39)21-13-15-35(16-14-21)24-18-23-17-22(5-2)34-20-36(23)19-24/h4,7-9,11-12,17-21,29H,1,5-6,10,13-16H2,2-3H3,(H,33,38). The Hall–Kier alpha value is -4.13. The summed E-state index contributed by atoms with van der Waals surface area (Å²) in [6.07, 6.45) is 10.1. The highest BCUT2D eigenvalue weighted by Gasteiger charge is 2.38. The monoisotopic (exact) mass is 521 g/mol. The van der Waals surface area contributed by atoms with E-state index in [-0.39, 0.29) is 11.8 Å². The van der Waals surface area contributed by atoms with E-state index in [1.54, 1.807) is 18.0 Å². The average molecular weight is 522 g/mol. The van der Waals surface area contributed by atoms with E-state index < -0.39 is 6.04 Å². The number of allylic oxidation sites excluding steroid dienone is 1. The Morgan fingerprint density at radius 2 is 2.03 bits per heavy atom. The number of fused-ring (bicyclic) bond motifs is 1. The molecule has 2 aliphatic rings. The van der Waals surface area contributed by atoms with Gasteiger partial charge >= 0.3 is 0 Å². The normalized spacial score (nSPS) is 16.3. The van der Waals surface area contributed by atoms with Crippen molar-refractivity contribution < 1.29 is 9.59 Å². The van der Waals surface area contributed by atoms with Gasteiger partial charge in [-0.15, -0.1) is 6.58 Å². The minimum Gasteiger partial charge on any atom is -0.370 e. The topological polar surface area (TPSA) is 70.0 Å². The number of amides is 2. The molecule has 0 saturated carbocycles. The molecule has 0 radical (unpaired) electrons. The van der Waals surface area contributed by atoms with Gasteiger partial charge in [0.15, 0.2) is 0 Å². The number of carbonyl (C=O) groups is 2. The minimum absolute atomic E-state index is 0.0956. The van der Waals surface area contributed by atoms with Crippen molar-refractivity contribution in [3.05, 3.63) is 84.5 Å². The van der Waals surface area contributed by atoms with Crippen molar-refractivity contribution >= 4 is 39.5 Å². The lowest BCUT2D eigenvalue weighted by Gasteiger charge is -2.34. The number of anilines is 2. The van der Waals surface area contributed by atoms with Crippen molar-refractivity contribution in [2.75, 3.05) is 29.9 Å². The first-order valence-electron chi connectivity index (χ1n) is 14.0. The summed E-state index contributed by atoms with van der Waals surface area (Å²) < 4.78 is 2.10. The summed E-state index contributed by atoms with van der Waals surface area (Å²) in [6.45, 7) is 7.89. The molecule has 39 heavy (non-hydrogen) atoms. The highest BCUT2D eigenvalue weighted by Crippen LogP contribution is 2.44. The van der Waals surface area contributed by atoms with E-state index in [0.29, 0.717) is 24.3 Å². The number of nitrogens with zero attached hydrogens (tertiary/aromatic N) is 4. The Balaban J connectivity index is 1.27. The second-order valence-electron chi connectivity index (χ2n) is 10.6. The molecule has 200 valence electrons. The third kappa shape index (κ3) is 4.26. The number of likely N-dealkylation sites (N-methyl/N-ethyl adjacent to an activating group) is 1. The van der Waals surface area contributed by atoms with Crippen LogP contribution in [0.25, 0.3) is 16.3 Å². The highest BCUT2D eigenvalue weighted by molar-refractivity contribution is 6.27. The Labute approximate surface area is 229 Å². The van der Waals surface area contributed by atoms with E-state index in [9.17, 15) is 9.59 Å². The first-order valence-corrected chi connectivity index (χ1v) is 14.0. The highest BCUT2D eigenvalue weighted by atomic mass is 16.2. The average Bonchev–Trinajstić information content (AvgIpc) is 3.53. The molecule has 1 atom stereocenters. The van der Waals surface area contributed by atoms with Gasteiger partial charge in [-0.2, -0.15) is 0 Å². The zero-order valence-electron chi connectivity index (χ0n) is 22.7. The Kier molecular flexibility index (Phi) is 6.59. The van der Waals surface area contributed by atoms with E-state index in [4.69, 9.17) is 0 Å². The number of benzene rings is 2. The second-order valence-corrected chi connectivity index (χ2v) is 10.6. The molecule has 6 rings (SSSR count). The Morgan fingerprint density at radius 1 is 1.21 bits per heavy atom. The number of nitrogens with one attached hydrogen (secondary N) is 1. The van der Waals surface area contributed by atoms with E-state index in [1.165, 1.54) is 16.8 Å². The van der Waals surface area contributed by atoms with Gasteiger partial charge in [0.1, 0.15) is 6.04 Å². The summed E-state index contributed by atoms with van der Waals surface area (Å²) in [4.78, 5) is 35.1. The van der Waals surface area contributed by atoms with Crippen LogP contribution in [-0.4, -0.2) is 47.4 Å². The fourth-order valence-corrected chi connectivity index (χ4v) is 6.37. The number of hydrogen-bond donors (Lipinski definition) is 1. The Bertz CT molecular complexity index is 1580. The van der Waals surface area contributed by atoms with Gasteiger partial charge in [0.2, 0.25) is 5.91 Å². The van der Waals surface area contributed by atoms with Crippen LogP contribution in [0, 0.1) is 0 Å². The molecule has 7 nitrogen and oxygen atoms in total. The molecule has 2 aromatic carbocycles. The van der Waals surface area contributed by atoms with Crippen molar-refractivity contribution in [1.82, 2.24) is 14.7 Å². The summed E-state index contributed by atoms with van der Waals surface area (Å²) in [5, 5.41) is 4.86. The van der Waals surface area contributed by atoms with Crippen molar-refractivity contribution in [3.8, 4) is 0 Å². The van der Waals surface area contributed by atoms with E-state index in [0.717, 1.165) is 54.5 Å². The number of carbonyl (C=O) groups excluding carboxylic acids is 2. The van der Waals surface area contributed by atoms with Crippen molar-refractivity contribution in [1.29, 1.82) is 0 Å². The van der Waals surface area contributed by atoms with Crippen LogP contribution in [0.3, 0.4) is 0 Å². The van der Waals surface area contributed by atoms with Gasteiger partial charge in [-0.05, 0) is 73.2 Å². The zero-order chi connectivity index (χ0) is 27.1. The number of rotatable bonds is 8. The van der Waals surface area contributed by atoms with Crippen molar-refractivity contribution in [3.63, 3.8) is 0 Å². The molecule has 1 unspecified atom stereocenters. The molecule has 1 N–H and O–H groups in total. The summed E-state index contributed by atoms with van der Waals surface area (Å²) in [6, 6.07) is 14.1. The molecule has 0 aliphatic carbocycles. The van der Waals surface area contributed by atoms with Crippen LogP contribution >= 0.6 is 0 Å². The summed E-state index contributed by atoms with van der Waals surface area (Å²) in [7, 11) is 1.62. The van der Waals surface area contributed by atoms with E-state index in [2.05, 4.69) is 69.6 Å². The molecule has 7 heteroatoms. The maximum atomic E-state index is 13.6. The fraction of sp³-hybridized carbons (Fsp3) is 0.344.